The monoisotopic (exact) mass is 168 g/mol. The van der Waals surface area contributed by atoms with Crippen molar-refractivity contribution in [2.45, 2.75) is 6.10 Å². The number of hydrogen-bond acceptors (Lipinski definition) is 4. The van der Waals surface area contributed by atoms with Crippen LogP contribution in [0, 0.1) is 0 Å². The van der Waals surface area contributed by atoms with Gasteiger partial charge in [0.1, 0.15) is 12.7 Å². The van der Waals surface area contributed by atoms with Gasteiger partial charge in [-0.05, 0) is 12.1 Å². The Bertz CT molecular complexity index is 261. The van der Waals surface area contributed by atoms with Gasteiger partial charge in [0.15, 0.2) is 0 Å². The van der Waals surface area contributed by atoms with Crippen molar-refractivity contribution in [2.75, 3.05) is 13.2 Å². The molecule has 0 saturated carbocycles. The van der Waals surface area contributed by atoms with Crippen LogP contribution in [0.3, 0.4) is 0 Å². The highest BCUT2D eigenvalue weighted by atomic mass is 16.6. The molecule has 1 unspecified atom stereocenters. The van der Waals surface area contributed by atoms with Crippen LogP contribution in [0.2, 0.25) is 0 Å². The van der Waals surface area contributed by atoms with Crippen molar-refractivity contribution in [2.24, 2.45) is 0 Å². The smallest absolute Gasteiger partial charge is 0.374 e. The van der Waals surface area contributed by atoms with Crippen LogP contribution < -0.4 is 0 Å². The fraction of sp³-hybridized carbons (Fsp3) is 0.375. The van der Waals surface area contributed by atoms with E-state index < -0.39 is 5.97 Å². The molecule has 1 aromatic rings. The van der Waals surface area contributed by atoms with E-state index in [2.05, 4.69) is 0 Å². The van der Waals surface area contributed by atoms with Gasteiger partial charge in [-0.1, -0.05) is 0 Å². The van der Waals surface area contributed by atoms with Crippen molar-refractivity contribution in [3.63, 3.8) is 0 Å². The molecule has 1 saturated heterocycles. The van der Waals surface area contributed by atoms with E-state index in [4.69, 9.17) is 13.9 Å². The third-order valence-electron chi connectivity index (χ3n) is 1.53. The Hall–Kier alpha value is -1.29. The van der Waals surface area contributed by atoms with Crippen molar-refractivity contribution < 1.29 is 18.7 Å². The van der Waals surface area contributed by atoms with E-state index in [-0.39, 0.29) is 11.9 Å². The second-order valence-electron chi connectivity index (χ2n) is 2.53. The van der Waals surface area contributed by atoms with Crippen LogP contribution in [0.5, 0.6) is 0 Å². The summed E-state index contributed by atoms with van der Waals surface area (Å²) in [5, 5.41) is 0. The Labute approximate surface area is 69.1 Å². The Balaban J connectivity index is 1.83. The zero-order valence-corrected chi connectivity index (χ0v) is 6.36. The molecule has 64 valence electrons. The standard InChI is InChI=1S/C8H8O4/c9-8(7-2-1-3-10-7)12-5-6-4-11-6/h1-3,6H,4-5H2. The second kappa shape index (κ2) is 2.98. The van der Waals surface area contributed by atoms with Crippen molar-refractivity contribution in [3.8, 4) is 0 Å². The maximum absolute atomic E-state index is 11.1. The SMILES string of the molecule is O=C(OCC1CO1)c1ccco1. The van der Waals surface area contributed by atoms with Gasteiger partial charge in [0.05, 0.1) is 12.9 Å². The van der Waals surface area contributed by atoms with E-state index in [1.165, 1.54) is 6.26 Å². The summed E-state index contributed by atoms with van der Waals surface area (Å²) >= 11 is 0. The van der Waals surface area contributed by atoms with Gasteiger partial charge in [0, 0.05) is 0 Å². The fourth-order valence-electron chi connectivity index (χ4n) is 0.799. The molecule has 1 fully saturated rings. The third kappa shape index (κ3) is 1.65. The third-order valence-corrected chi connectivity index (χ3v) is 1.53. The average Bonchev–Trinajstić information content (AvgIpc) is 2.74. The number of carbonyl (C=O) groups excluding carboxylic acids is 1. The first-order valence-electron chi connectivity index (χ1n) is 3.68. The molecule has 2 rings (SSSR count). The molecule has 4 nitrogen and oxygen atoms in total. The Kier molecular flexibility index (Phi) is 1.83. The zero-order chi connectivity index (χ0) is 8.39. The molecule has 0 aliphatic carbocycles. The Morgan fingerprint density at radius 1 is 1.75 bits per heavy atom. The summed E-state index contributed by atoms with van der Waals surface area (Å²) in [4.78, 5) is 11.1. The lowest BCUT2D eigenvalue weighted by molar-refractivity contribution is 0.0441. The predicted molar refractivity (Wildman–Crippen MR) is 38.7 cm³/mol. The van der Waals surface area contributed by atoms with E-state index in [0.29, 0.717) is 13.2 Å². The molecule has 0 amide bonds. The summed E-state index contributed by atoms with van der Waals surface area (Å²) in [5.74, 6) is -0.203. The van der Waals surface area contributed by atoms with Crippen molar-refractivity contribution in [1.29, 1.82) is 0 Å². The van der Waals surface area contributed by atoms with E-state index in [1.807, 2.05) is 0 Å². The number of esters is 1. The number of furan rings is 1. The number of hydrogen-bond donors (Lipinski definition) is 0. The van der Waals surface area contributed by atoms with Crippen molar-refractivity contribution in [3.05, 3.63) is 24.2 Å². The zero-order valence-electron chi connectivity index (χ0n) is 6.36. The number of ether oxygens (including phenoxy) is 2. The van der Waals surface area contributed by atoms with Crippen LogP contribution in [-0.4, -0.2) is 25.3 Å². The van der Waals surface area contributed by atoms with Crippen LogP contribution in [0.25, 0.3) is 0 Å². The van der Waals surface area contributed by atoms with Gasteiger partial charge in [0.2, 0.25) is 5.76 Å². The highest BCUT2D eigenvalue weighted by Gasteiger charge is 2.24. The molecular weight excluding hydrogens is 160 g/mol. The minimum atomic E-state index is -0.435. The first-order valence-corrected chi connectivity index (χ1v) is 3.68. The second-order valence-corrected chi connectivity index (χ2v) is 2.53. The van der Waals surface area contributed by atoms with Gasteiger partial charge >= 0.3 is 5.97 Å². The van der Waals surface area contributed by atoms with Gasteiger partial charge in [-0.25, -0.2) is 4.79 Å². The summed E-state index contributed by atoms with van der Waals surface area (Å²) < 4.78 is 14.6. The summed E-state index contributed by atoms with van der Waals surface area (Å²) in [7, 11) is 0. The molecule has 12 heavy (non-hydrogen) atoms. The normalized spacial score (nSPS) is 20.5. The first-order chi connectivity index (χ1) is 5.86. The topological polar surface area (TPSA) is 52.0 Å². The first kappa shape index (κ1) is 7.36. The maximum Gasteiger partial charge on any atom is 0.374 e. The quantitative estimate of drug-likeness (QED) is 0.495. The molecule has 1 aliphatic heterocycles. The summed E-state index contributed by atoms with van der Waals surface area (Å²) in [6.07, 6.45) is 1.54. The molecule has 4 heteroatoms. The lowest BCUT2D eigenvalue weighted by atomic mass is 10.4. The Morgan fingerprint density at radius 3 is 3.17 bits per heavy atom. The van der Waals surface area contributed by atoms with Gasteiger partial charge in [-0.15, -0.1) is 0 Å². The molecular formula is C8H8O4. The molecule has 0 N–H and O–H groups in total. The van der Waals surface area contributed by atoms with Crippen molar-refractivity contribution >= 4 is 5.97 Å². The highest BCUT2D eigenvalue weighted by molar-refractivity contribution is 5.86. The number of epoxide rings is 1. The number of rotatable bonds is 3. The molecule has 1 aliphatic rings. The predicted octanol–water partition coefficient (Wildman–Crippen LogP) is 0.835. The van der Waals surface area contributed by atoms with E-state index in [1.54, 1.807) is 12.1 Å². The van der Waals surface area contributed by atoms with Crippen LogP contribution in [0.1, 0.15) is 10.6 Å². The molecule has 1 aromatic heterocycles. The number of carbonyl (C=O) groups is 1. The molecule has 1 atom stereocenters. The largest absolute Gasteiger partial charge is 0.457 e. The fourth-order valence-corrected chi connectivity index (χ4v) is 0.799. The molecule has 2 heterocycles. The summed E-state index contributed by atoms with van der Waals surface area (Å²) in [6.45, 7) is 1.00. The van der Waals surface area contributed by atoms with Gasteiger partial charge in [0.25, 0.3) is 0 Å². The van der Waals surface area contributed by atoms with Crippen LogP contribution >= 0.6 is 0 Å². The van der Waals surface area contributed by atoms with Gasteiger partial charge in [-0.3, -0.25) is 0 Å². The van der Waals surface area contributed by atoms with Crippen LogP contribution in [0.4, 0.5) is 0 Å². The molecule has 0 spiro atoms. The van der Waals surface area contributed by atoms with E-state index >= 15 is 0 Å². The summed E-state index contributed by atoms with van der Waals surface area (Å²) in [5.41, 5.74) is 0. The highest BCUT2D eigenvalue weighted by Crippen LogP contribution is 2.10. The van der Waals surface area contributed by atoms with Crippen LogP contribution in [-0.2, 0) is 9.47 Å². The van der Waals surface area contributed by atoms with Gasteiger partial charge < -0.3 is 13.9 Å². The van der Waals surface area contributed by atoms with Gasteiger partial charge in [-0.2, -0.15) is 0 Å². The minimum absolute atomic E-state index is 0.101. The van der Waals surface area contributed by atoms with Crippen molar-refractivity contribution in [1.82, 2.24) is 0 Å². The van der Waals surface area contributed by atoms with Crippen LogP contribution in [0.15, 0.2) is 22.8 Å². The molecule has 0 bridgehead atoms. The molecule has 0 aromatic carbocycles. The maximum atomic E-state index is 11.1. The molecule has 0 radical (unpaired) electrons. The Morgan fingerprint density at radius 2 is 2.58 bits per heavy atom. The average molecular weight is 168 g/mol. The minimum Gasteiger partial charge on any atom is -0.457 e. The van der Waals surface area contributed by atoms with E-state index in [0.717, 1.165) is 0 Å². The lowest BCUT2D eigenvalue weighted by Gasteiger charge is -1.97. The van der Waals surface area contributed by atoms with E-state index in [9.17, 15) is 4.79 Å². The lowest BCUT2D eigenvalue weighted by Crippen LogP contribution is -2.08. The summed E-state index contributed by atoms with van der Waals surface area (Å²) in [6, 6.07) is 3.21.